The summed E-state index contributed by atoms with van der Waals surface area (Å²) in [4.78, 5) is 86.5. The number of rotatable bonds is 31. The van der Waals surface area contributed by atoms with Crippen LogP contribution in [0.3, 0.4) is 0 Å². The lowest BCUT2D eigenvalue weighted by Gasteiger charge is -2.32. The highest BCUT2D eigenvalue weighted by Crippen LogP contribution is 2.29. The third-order valence-electron chi connectivity index (χ3n) is 22.2. The monoisotopic (exact) mass is 1750 g/mol. The minimum absolute atomic E-state index is 0.00933. The fourth-order valence-corrected chi connectivity index (χ4v) is 14.7. The van der Waals surface area contributed by atoms with Crippen molar-refractivity contribution in [2.24, 2.45) is 28.7 Å². The third kappa shape index (κ3) is 28.0. The van der Waals surface area contributed by atoms with Crippen molar-refractivity contribution >= 4 is 70.4 Å². The molecule has 8 heterocycles. The second-order valence-electron chi connectivity index (χ2n) is 31.6. The second kappa shape index (κ2) is 47.4. The maximum absolute atomic E-state index is 14.0. The third-order valence-corrected chi connectivity index (χ3v) is 22.2. The van der Waals surface area contributed by atoms with Gasteiger partial charge in [-0.25, -0.2) is 8.78 Å². The molecule has 15 rings (SSSR count). The van der Waals surface area contributed by atoms with Crippen molar-refractivity contribution in [2.45, 2.75) is 122 Å². The number of piperidine rings is 2. The number of anilines is 5. The molecule has 129 heavy (non-hydrogen) atoms. The van der Waals surface area contributed by atoms with Crippen molar-refractivity contribution in [1.29, 1.82) is 0 Å². The number of halogens is 2. The zero-order chi connectivity index (χ0) is 91.7. The van der Waals surface area contributed by atoms with Crippen molar-refractivity contribution in [3.8, 4) is 56.3 Å². The number of likely N-dealkylation sites (tertiary alicyclic amines) is 3. The van der Waals surface area contributed by atoms with Crippen LogP contribution in [0, 0.1) is 11.6 Å². The van der Waals surface area contributed by atoms with Gasteiger partial charge in [-0.3, -0.25) is 38.5 Å². The van der Waals surface area contributed by atoms with Crippen molar-refractivity contribution in [1.82, 2.24) is 65.7 Å². The minimum Gasteiger partial charge on any atom is -0.368 e. The average Bonchev–Trinajstić information content (AvgIpc) is 1.37. The number of nitrogens with two attached hydrogens (primary N) is 5. The van der Waals surface area contributed by atoms with Crippen molar-refractivity contribution < 1.29 is 42.3 Å². The number of nitrogens with zero attached hydrogens (tertiary/aromatic N) is 13. The van der Waals surface area contributed by atoms with Gasteiger partial charge in [0.1, 0.15) is 40.7 Å². The lowest BCUT2D eigenvalue weighted by molar-refractivity contribution is -0.135. The van der Waals surface area contributed by atoms with Gasteiger partial charge in [-0.15, -0.1) is 51.0 Å². The highest BCUT2D eigenvalue weighted by atomic mass is 19.1. The zero-order valence-electron chi connectivity index (χ0n) is 72.9. The number of carbonyl (C=O) groups is 7. The standard InChI is InChI=1S/C21H21FN4O.C20H19FN4O.C19H23N5O2.C19H25N5O.C18H21N5O2/c1-2-14(17-8-3-4-9-18(17)22)13-24-20-11-10-19(25-26-20)15-6-5-7-16(12-15)21(23)27;1-13(16-7-2-3-8-17(16)21)12-23-19-10-9-18(24-25-19)14-5-4-6-15(11-14)20(22)26;1-13(24-10-3-2-7-18(24)25)12-21-17-9-8-16(22-23-17)14-5-4-6-15(11-14)19(20)26;1-14(24-10-3-2-4-11-24)13-21-18-9-8-17(22-23-18)15-6-5-7-16(12-15)19(20)25;1-12(23-9-3-6-17(23)24)11-20-16-8-7-15(21-22-16)13-4-2-5-14(10-13)18(19)25/h3-12,14H,2,13H2,1H3,(H2,23,27)(H,24,26);2-11,13H,12H2,1H3,(H2,22,26)(H,23,25);4-6,8-9,11,13H,2-3,7,10,12H2,1H3,(H2,20,26)(H,21,23);5-9,12,14H,2-4,10-11,13H2,1H3,(H2,20,25)(H,21,23);2,4-5,7-8,10,12H,3,6,9,11H2,1H3,(H2,19,25)(H,20,22). The van der Waals surface area contributed by atoms with E-state index in [9.17, 15) is 42.3 Å². The molecule has 7 amide bonds. The van der Waals surface area contributed by atoms with Crippen LogP contribution in [0.5, 0.6) is 0 Å². The van der Waals surface area contributed by atoms with Gasteiger partial charge in [0.25, 0.3) is 0 Å². The van der Waals surface area contributed by atoms with Crippen LogP contribution >= 0.6 is 0 Å². The van der Waals surface area contributed by atoms with Crippen LogP contribution in [-0.2, 0) is 9.59 Å². The molecule has 0 spiro atoms. The first-order valence-electron chi connectivity index (χ1n) is 43.1. The predicted octanol–water partition coefficient (Wildman–Crippen LogP) is 13.8. The summed E-state index contributed by atoms with van der Waals surface area (Å²) in [5, 5.41) is 58.2. The molecule has 12 aromatic rings. The minimum atomic E-state index is -0.486. The van der Waals surface area contributed by atoms with E-state index in [1.165, 1.54) is 44.5 Å². The van der Waals surface area contributed by atoms with E-state index in [0.717, 1.165) is 84.6 Å². The normalized spacial score (nSPS) is 14.1. The summed E-state index contributed by atoms with van der Waals surface area (Å²) in [6, 6.07) is 67.6. The quantitative estimate of drug-likeness (QED) is 0.0193. The van der Waals surface area contributed by atoms with Gasteiger partial charge >= 0.3 is 0 Å². The van der Waals surface area contributed by atoms with E-state index in [1.807, 2.05) is 141 Å². The maximum Gasteiger partial charge on any atom is 0.248 e. The molecule has 32 heteroatoms. The molecule has 5 unspecified atom stereocenters. The lowest BCUT2D eigenvalue weighted by atomic mass is 9.96. The summed E-state index contributed by atoms with van der Waals surface area (Å²) >= 11 is 0. The SMILES string of the molecule is CC(CNc1ccc(-c2cccc(C(N)=O)c2)nn1)N1CCCC1=O.CC(CNc1ccc(-c2cccc(C(N)=O)c2)nn1)N1CCCCC1.CC(CNc1ccc(-c2cccc(C(N)=O)c2)nn1)N1CCCCC1=O.CC(CNc1ccc(-c2cccc(C(N)=O)c2)nn1)c1ccccc1F.CCC(CNc1ccc(-c2cccc(C(N)=O)c2)nn1)c1ccccc1F. The topological polar surface area (TPSA) is 448 Å². The Balaban J connectivity index is 0.000000156. The van der Waals surface area contributed by atoms with Crippen LogP contribution < -0.4 is 55.3 Å². The lowest BCUT2D eigenvalue weighted by Crippen LogP contribution is -2.44. The Labute approximate surface area is 748 Å². The van der Waals surface area contributed by atoms with Gasteiger partial charge in [-0.1, -0.05) is 117 Å². The fraction of sp³-hybridized carbons (Fsp3) is 0.289. The summed E-state index contributed by atoms with van der Waals surface area (Å²) in [7, 11) is 0. The van der Waals surface area contributed by atoms with Gasteiger partial charge in [0.2, 0.25) is 41.4 Å². The Bertz CT molecular complexity index is 5740. The number of hydrogen-bond acceptors (Lipinski definition) is 23. The van der Waals surface area contributed by atoms with Crippen LogP contribution in [0.1, 0.15) is 167 Å². The predicted molar refractivity (Wildman–Crippen MR) is 497 cm³/mol. The highest BCUT2D eigenvalue weighted by molar-refractivity contribution is 5.96. The van der Waals surface area contributed by atoms with E-state index >= 15 is 0 Å². The number of primary amides is 5. The van der Waals surface area contributed by atoms with Crippen molar-refractivity contribution in [3.05, 3.63) is 281 Å². The van der Waals surface area contributed by atoms with Crippen molar-refractivity contribution in [2.75, 3.05) is 85.5 Å². The van der Waals surface area contributed by atoms with E-state index < -0.39 is 29.5 Å². The maximum atomic E-state index is 14.0. The molecule has 5 aromatic heterocycles. The number of nitrogens with one attached hydrogen (secondary N) is 5. The Kier molecular flexibility index (Phi) is 34.8. The molecule has 3 aliphatic heterocycles. The largest absolute Gasteiger partial charge is 0.368 e. The van der Waals surface area contributed by atoms with Crippen LogP contribution in [0.15, 0.2) is 231 Å². The zero-order valence-corrected chi connectivity index (χ0v) is 72.9. The van der Waals surface area contributed by atoms with Crippen LogP contribution in [0.25, 0.3) is 56.3 Å². The Morgan fingerprint density at radius 2 is 0.620 bits per heavy atom. The summed E-state index contributed by atoms with van der Waals surface area (Å²) in [5.74, 6) is 0.973. The Morgan fingerprint density at radius 1 is 0.326 bits per heavy atom. The first kappa shape index (κ1) is 94.7. The molecule has 668 valence electrons. The van der Waals surface area contributed by atoms with E-state index in [4.69, 9.17) is 28.7 Å². The van der Waals surface area contributed by atoms with Crippen LogP contribution in [-0.4, -0.2) is 184 Å². The molecule has 0 saturated carbocycles. The summed E-state index contributed by atoms with van der Waals surface area (Å²) in [6.45, 7) is 17.5. The molecule has 3 saturated heterocycles. The van der Waals surface area contributed by atoms with Gasteiger partial charge in [-0.05, 0) is 217 Å². The number of benzene rings is 7. The van der Waals surface area contributed by atoms with E-state index in [-0.39, 0.29) is 47.4 Å². The van der Waals surface area contributed by atoms with Crippen molar-refractivity contribution in [3.63, 3.8) is 0 Å². The van der Waals surface area contributed by atoms with Gasteiger partial charge in [0.05, 0.1) is 28.5 Å². The van der Waals surface area contributed by atoms with Gasteiger partial charge < -0.3 is 65.1 Å². The molecule has 7 aromatic carbocycles. The number of amides is 7. The smallest absolute Gasteiger partial charge is 0.248 e. The first-order chi connectivity index (χ1) is 62.3. The number of aromatic nitrogens is 10. The highest BCUT2D eigenvalue weighted by Gasteiger charge is 2.27. The summed E-state index contributed by atoms with van der Waals surface area (Å²) in [6.07, 6.45) is 9.01. The molecule has 0 radical (unpaired) electrons. The van der Waals surface area contributed by atoms with Gasteiger partial charge in [0.15, 0.2) is 0 Å². The molecule has 0 bridgehead atoms. The van der Waals surface area contributed by atoms with E-state index in [1.54, 1.807) is 115 Å². The molecule has 15 N–H and O–H groups in total. The van der Waals surface area contributed by atoms with Crippen LogP contribution in [0.4, 0.5) is 37.9 Å². The Morgan fingerprint density at radius 3 is 0.922 bits per heavy atom. The molecule has 5 atom stereocenters. The number of carbonyl (C=O) groups excluding carboxylic acids is 7. The molecule has 30 nitrogen and oxygen atoms in total. The molecule has 0 aliphatic carbocycles. The van der Waals surface area contributed by atoms with Gasteiger partial charge in [0, 0.05) is 144 Å². The Hall–Kier alpha value is -15.0. The first-order valence-corrected chi connectivity index (χ1v) is 43.1. The summed E-state index contributed by atoms with van der Waals surface area (Å²) < 4.78 is 27.8. The summed E-state index contributed by atoms with van der Waals surface area (Å²) in [5.41, 5.74) is 37.4. The molecular formula is C97H109F2N23O7. The number of hydrogen-bond donors (Lipinski definition) is 10. The average molecular weight is 1750 g/mol. The second-order valence-corrected chi connectivity index (χ2v) is 31.6. The van der Waals surface area contributed by atoms with Crippen LogP contribution in [0.2, 0.25) is 0 Å². The molecular weight excluding hydrogens is 1640 g/mol. The van der Waals surface area contributed by atoms with E-state index in [2.05, 4.69) is 89.4 Å². The van der Waals surface area contributed by atoms with E-state index in [0.29, 0.717) is 130 Å². The van der Waals surface area contributed by atoms with Gasteiger partial charge in [-0.2, -0.15) is 0 Å². The molecule has 3 aliphatic rings. The fourth-order valence-electron chi connectivity index (χ4n) is 14.7. The molecule has 3 fully saturated rings.